The van der Waals surface area contributed by atoms with E-state index in [4.69, 9.17) is 21.1 Å². The van der Waals surface area contributed by atoms with E-state index in [0.29, 0.717) is 30.4 Å². The van der Waals surface area contributed by atoms with Crippen molar-refractivity contribution in [3.05, 3.63) is 41.7 Å². The van der Waals surface area contributed by atoms with Crippen LogP contribution < -0.4 is 10.1 Å². The molecular weight excluding hydrogens is 436 g/mol. The number of carbonyl (C=O) groups excluding carboxylic acids is 1. The number of rotatable bonds is 9. The van der Waals surface area contributed by atoms with E-state index < -0.39 is 0 Å². The van der Waals surface area contributed by atoms with Crippen LogP contribution in [-0.4, -0.2) is 52.3 Å². The lowest BCUT2D eigenvalue weighted by Crippen LogP contribution is -2.42. The topological polar surface area (TPSA) is 78.3 Å². The fourth-order valence-electron chi connectivity index (χ4n) is 3.59. The van der Waals surface area contributed by atoms with Gasteiger partial charge in [0.1, 0.15) is 11.6 Å². The van der Waals surface area contributed by atoms with E-state index in [0.717, 1.165) is 35.3 Å². The fourth-order valence-corrected chi connectivity index (χ4v) is 4.47. The van der Waals surface area contributed by atoms with Crippen LogP contribution in [0, 0.1) is 5.92 Å². The molecule has 0 bridgehead atoms. The highest BCUT2D eigenvalue weighted by Gasteiger charge is 2.32. The van der Waals surface area contributed by atoms with Crippen LogP contribution >= 0.6 is 23.4 Å². The molecule has 9 heteroatoms. The average Bonchev–Trinajstić information content (AvgIpc) is 3.14. The van der Waals surface area contributed by atoms with Gasteiger partial charge in [-0.05, 0) is 51.0 Å². The molecule has 1 fully saturated rings. The van der Waals surface area contributed by atoms with Crippen molar-refractivity contribution in [3.8, 4) is 11.4 Å². The van der Waals surface area contributed by atoms with E-state index in [2.05, 4.69) is 22.1 Å². The Hall–Kier alpha value is -2.03. The van der Waals surface area contributed by atoms with Gasteiger partial charge in [0.15, 0.2) is 5.16 Å². The number of hydrogen-bond acceptors (Lipinski definition) is 6. The van der Waals surface area contributed by atoms with Gasteiger partial charge >= 0.3 is 0 Å². The fraction of sp³-hybridized carbons (Fsp3) is 0.500. The number of carbonyl (C=O) groups is 1. The average molecular weight is 465 g/mol. The van der Waals surface area contributed by atoms with E-state index in [1.165, 1.54) is 11.8 Å². The summed E-state index contributed by atoms with van der Waals surface area (Å²) in [4.78, 5) is 12.6. The molecule has 2 aromatic rings. The predicted molar refractivity (Wildman–Crippen MR) is 123 cm³/mol. The van der Waals surface area contributed by atoms with Crippen LogP contribution in [0.3, 0.4) is 0 Å². The Bertz CT molecular complexity index is 914. The van der Waals surface area contributed by atoms with Crippen molar-refractivity contribution in [1.29, 1.82) is 0 Å². The molecule has 0 radical (unpaired) electrons. The van der Waals surface area contributed by atoms with Gasteiger partial charge in [-0.25, -0.2) is 0 Å². The second-order valence-electron chi connectivity index (χ2n) is 8.08. The molecule has 0 saturated carbocycles. The maximum Gasteiger partial charge on any atom is 0.223 e. The summed E-state index contributed by atoms with van der Waals surface area (Å²) in [6, 6.07) is 7.69. The van der Waals surface area contributed by atoms with E-state index >= 15 is 0 Å². The molecule has 1 aromatic heterocycles. The highest BCUT2D eigenvalue weighted by Crippen LogP contribution is 2.29. The lowest BCUT2D eigenvalue weighted by molar-refractivity contribution is -0.135. The van der Waals surface area contributed by atoms with Crippen molar-refractivity contribution in [2.45, 2.75) is 43.9 Å². The van der Waals surface area contributed by atoms with E-state index in [9.17, 15) is 4.79 Å². The molecule has 1 aliphatic rings. The highest BCUT2D eigenvalue weighted by atomic mass is 35.5. The summed E-state index contributed by atoms with van der Waals surface area (Å²) in [5.41, 5.74) is 0.661. The van der Waals surface area contributed by atoms with Crippen LogP contribution in [-0.2, 0) is 16.0 Å². The number of amides is 1. The summed E-state index contributed by atoms with van der Waals surface area (Å²) >= 11 is 7.41. The number of halogens is 1. The molecule has 1 aromatic carbocycles. The van der Waals surface area contributed by atoms with Gasteiger partial charge < -0.3 is 14.8 Å². The number of nitrogens with one attached hydrogen (secondary N) is 1. The molecular formula is C22H29ClN4O3S. The summed E-state index contributed by atoms with van der Waals surface area (Å²) in [7, 11) is 1.63. The third-order valence-electron chi connectivity index (χ3n) is 5.10. The molecule has 1 N–H and O–H groups in total. The number of aromatic nitrogens is 3. The third-order valence-corrected chi connectivity index (χ3v) is 6.41. The van der Waals surface area contributed by atoms with Gasteiger partial charge in [-0.3, -0.25) is 9.36 Å². The molecule has 1 amide bonds. The van der Waals surface area contributed by atoms with Crippen LogP contribution in [0.15, 0.2) is 41.0 Å². The highest BCUT2D eigenvalue weighted by molar-refractivity contribution is 7.99. The van der Waals surface area contributed by atoms with Crippen molar-refractivity contribution in [3.63, 3.8) is 0 Å². The summed E-state index contributed by atoms with van der Waals surface area (Å²) in [5.74, 6) is 2.12. The minimum atomic E-state index is -0.257. The Morgan fingerprint density at radius 1 is 1.39 bits per heavy atom. The Kier molecular flexibility index (Phi) is 8.02. The predicted octanol–water partition coefficient (Wildman–Crippen LogP) is 3.98. The van der Waals surface area contributed by atoms with E-state index in [-0.39, 0.29) is 17.4 Å². The van der Waals surface area contributed by atoms with Crippen LogP contribution in [0.2, 0.25) is 0 Å². The monoisotopic (exact) mass is 464 g/mol. The van der Waals surface area contributed by atoms with Gasteiger partial charge in [0, 0.05) is 42.0 Å². The number of methoxy groups -OCH3 is 1. The van der Waals surface area contributed by atoms with Gasteiger partial charge in [-0.2, -0.15) is 0 Å². The van der Waals surface area contributed by atoms with Crippen molar-refractivity contribution in [2.75, 3.05) is 26.0 Å². The molecule has 7 nitrogen and oxygen atoms in total. The Balaban J connectivity index is 1.69. The first-order valence-corrected chi connectivity index (χ1v) is 11.6. The molecule has 0 aliphatic carbocycles. The van der Waals surface area contributed by atoms with Gasteiger partial charge in [0.05, 0.1) is 12.7 Å². The van der Waals surface area contributed by atoms with Gasteiger partial charge in [0.2, 0.25) is 5.91 Å². The van der Waals surface area contributed by atoms with Gasteiger partial charge in [-0.15, -0.1) is 10.2 Å². The van der Waals surface area contributed by atoms with Crippen LogP contribution in [0.5, 0.6) is 5.75 Å². The standard InChI is InChI=1S/C22H29ClN4O3S/c1-15(23)14-31-21-26-25-19(27(21)17-5-7-18(29-4)8-6-17)9-11-24-20(28)16-10-12-30-22(2,3)13-16/h5-8,16H,1,9-14H2,2-4H3,(H,24,28). The lowest BCUT2D eigenvalue weighted by Gasteiger charge is -2.34. The second kappa shape index (κ2) is 10.5. The molecule has 168 valence electrons. The third kappa shape index (κ3) is 6.48. The molecule has 2 heterocycles. The summed E-state index contributed by atoms with van der Waals surface area (Å²) in [6.45, 7) is 8.89. The number of thioether (sulfide) groups is 1. The molecule has 0 spiro atoms. The number of nitrogens with zero attached hydrogens (tertiary/aromatic N) is 3. The summed E-state index contributed by atoms with van der Waals surface area (Å²) in [6.07, 6.45) is 2.03. The first kappa shape index (κ1) is 23.6. The summed E-state index contributed by atoms with van der Waals surface area (Å²) < 4.78 is 13.0. The molecule has 1 atom stereocenters. The Labute approximate surface area is 192 Å². The number of benzene rings is 1. The largest absolute Gasteiger partial charge is 0.497 e. The van der Waals surface area contributed by atoms with Crippen LogP contribution in [0.1, 0.15) is 32.5 Å². The van der Waals surface area contributed by atoms with E-state index in [1.54, 1.807) is 7.11 Å². The first-order chi connectivity index (χ1) is 14.8. The lowest BCUT2D eigenvalue weighted by atomic mass is 9.88. The Morgan fingerprint density at radius 3 is 2.77 bits per heavy atom. The van der Waals surface area contributed by atoms with Crippen molar-refractivity contribution < 1.29 is 14.3 Å². The first-order valence-electron chi connectivity index (χ1n) is 10.3. The zero-order valence-corrected chi connectivity index (χ0v) is 19.8. The maximum atomic E-state index is 12.6. The minimum Gasteiger partial charge on any atom is -0.497 e. The van der Waals surface area contributed by atoms with Crippen LogP contribution in [0.25, 0.3) is 5.69 Å². The van der Waals surface area contributed by atoms with Gasteiger partial charge in [0.25, 0.3) is 0 Å². The molecule has 31 heavy (non-hydrogen) atoms. The number of hydrogen-bond donors (Lipinski definition) is 1. The molecule has 1 aliphatic heterocycles. The van der Waals surface area contributed by atoms with Crippen LogP contribution in [0.4, 0.5) is 0 Å². The smallest absolute Gasteiger partial charge is 0.223 e. The van der Waals surface area contributed by atoms with Gasteiger partial charge in [-0.1, -0.05) is 29.9 Å². The zero-order chi connectivity index (χ0) is 22.4. The van der Waals surface area contributed by atoms with Crippen molar-refractivity contribution >= 4 is 29.3 Å². The maximum absolute atomic E-state index is 12.6. The molecule has 1 saturated heterocycles. The number of ether oxygens (including phenoxy) is 2. The zero-order valence-electron chi connectivity index (χ0n) is 18.2. The minimum absolute atomic E-state index is 0.0240. The molecule has 3 rings (SSSR count). The molecule has 1 unspecified atom stereocenters. The quantitative estimate of drug-likeness (QED) is 0.565. The normalized spacial score (nSPS) is 17.9. The second-order valence-corrected chi connectivity index (χ2v) is 9.55. The van der Waals surface area contributed by atoms with Crippen molar-refractivity contribution in [1.82, 2.24) is 20.1 Å². The summed E-state index contributed by atoms with van der Waals surface area (Å²) in [5, 5.41) is 13.0. The van der Waals surface area contributed by atoms with E-state index in [1.807, 2.05) is 42.7 Å². The Morgan fingerprint density at radius 2 is 2.13 bits per heavy atom. The SMILES string of the molecule is C=C(Cl)CSc1nnc(CCNC(=O)C2CCOC(C)(C)C2)n1-c1ccc(OC)cc1. The van der Waals surface area contributed by atoms with Crippen molar-refractivity contribution in [2.24, 2.45) is 5.92 Å².